The SMILES string of the molecule is O=C(O)C(CO)N1C(=O)CNC1=O. The Morgan fingerprint density at radius 1 is 1.62 bits per heavy atom. The van der Waals surface area contributed by atoms with Crippen molar-refractivity contribution in [3.05, 3.63) is 0 Å². The first-order valence-electron chi connectivity index (χ1n) is 3.51. The second-order valence-electron chi connectivity index (χ2n) is 2.46. The van der Waals surface area contributed by atoms with E-state index < -0.39 is 30.6 Å². The zero-order chi connectivity index (χ0) is 10.0. The van der Waals surface area contributed by atoms with Crippen LogP contribution in [0, 0.1) is 0 Å². The molecule has 1 unspecified atom stereocenters. The maximum Gasteiger partial charge on any atom is 0.329 e. The van der Waals surface area contributed by atoms with Crippen molar-refractivity contribution in [2.45, 2.75) is 6.04 Å². The van der Waals surface area contributed by atoms with Crippen molar-refractivity contribution < 1.29 is 24.6 Å². The van der Waals surface area contributed by atoms with Gasteiger partial charge in [0.2, 0.25) is 0 Å². The number of carboxylic acid groups (broad SMARTS) is 1. The molecule has 1 aliphatic heterocycles. The van der Waals surface area contributed by atoms with Crippen LogP contribution >= 0.6 is 0 Å². The van der Waals surface area contributed by atoms with Gasteiger partial charge < -0.3 is 15.5 Å². The second-order valence-corrected chi connectivity index (χ2v) is 2.46. The molecule has 1 aliphatic rings. The number of carboxylic acids is 1. The Morgan fingerprint density at radius 3 is 2.54 bits per heavy atom. The fourth-order valence-electron chi connectivity index (χ4n) is 1.02. The van der Waals surface area contributed by atoms with Gasteiger partial charge in [0.1, 0.15) is 0 Å². The highest BCUT2D eigenvalue weighted by Gasteiger charge is 2.38. The van der Waals surface area contributed by atoms with Gasteiger partial charge in [-0.25, -0.2) is 14.5 Å². The average Bonchev–Trinajstić information content (AvgIpc) is 2.36. The Labute approximate surface area is 72.9 Å². The monoisotopic (exact) mass is 188 g/mol. The number of aliphatic hydroxyl groups excluding tert-OH is 1. The van der Waals surface area contributed by atoms with Crippen molar-refractivity contribution >= 4 is 17.9 Å². The number of rotatable bonds is 3. The van der Waals surface area contributed by atoms with Crippen LogP contribution < -0.4 is 5.32 Å². The lowest BCUT2D eigenvalue weighted by molar-refractivity contribution is -0.147. The van der Waals surface area contributed by atoms with Crippen LogP contribution in [0.25, 0.3) is 0 Å². The second kappa shape index (κ2) is 3.40. The molecule has 1 atom stereocenters. The Morgan fingerprint density at radius 2 is 2.23 bits per heavy atom. The smallest absolute Gasteiger partial charge is 0.329 e. The predicted molar refractivity (Wildman–Crippen MR) is 38.8 cm³/mol. The molecule has 13 heavy (non-hydrogen) atoms. The van der Waals surface area contributed by atoms with Gasteiger partial charge in [0.15, 0.2) is 6.04 Å². The molecule has 1 rings (SSSR count). The number of imide groups is 1. The minimum Gasteiger partial charge on any atom is -0.480 e. The van der Waals surface area contributed by atoms with E-state index in [2.05, 4.69) is 5.32 Å². The summed E-state index contributed by atoms with van der Waals surface area (Å²) in [5.74, 6) is -2.06. The molecule has 0 saturated carbocycles. The summed E-state index contributed by atoms with van der Waals surface area (Å²) in [4.78, 5) is 32.8. The number of urea groups is 1. The van der Waals surface area contributed by atoms with E-state index in [-0.39, 0.29) is 6.54 Å². The van der Waals surface area contributed by atoms with Crippen LogP contribution in [0.3, 0.4) is 0 Å². The summed E-state index contributed by atoms with van der Waals surface area (Å²) in [7, 11) is 0. The van der Waals surface area contributed by atoms with E-state index in [0.29, 0.717) is 4.90 Å². The number of carbonyl (C=O) groups is 3. The van der Waals surface area contributed by atoms with Crippen molar-refractivity contribution in [1.82, 2.24) is 10.2 Å². The molecular formula is C6H8N2O5. The Balaban J connectivity index is 2.84. The van der Waals surface area contributed by atoms with Crippen molar-refractivity contribution in [1.29, 1.82) is 0 Å². The summed E-state index contributed by atoms with van der Waals surface area (Å²) >= 11 is 0. The topological polar surface area (TPSA) is 107 Å². The maximum absolute atomic E-state index is 11.0. The zero-order valence-corrected chi connectivity index (χ0v) is 6.56. The third kappa shape index (κ3) is 1.59. The van der Waals surface area contributed by atoms with E-state index in [1.807, 2.05) is 0 Å². The molecular weight excluding hydrogens is 180 g/mol. The highest BCUT2D eigenvalue weighted by Crippen LogP contribution is 2.05. The van der Waals surface area contributed by atoms with E-state index >= 15 is 0 Å². The zero-order valence-electron chi connectivity index (χ0n) is 6.56. The van der Waals surface area contributed by atoms with Gasteiger partial charge >= 0.3 is 12.0 Å². The number of aliphatic hydroxyl groups is 1. The van der Waals surface area contributed by atoms with E-state index in [1.165, 1.54) is 0 Å². The fourth-order valence-corrected chi connectivity index (χ4v) is 1.02. The molecule has 3 N–H and O–H groups in total. The minimum atomic E-state index is -1.49. The molecule has 0 aromatic carbocycles. The number of hydrogen-bond donors (Lipinski definition) is 3. The van der Waals surface area contributed by atoms with Gasteiger partial charge in [-0.05, 0) is 0 Å². The van der Waals surface area contributed by atoms with Crippen LogP contribution in [-0.2, 0) is 9.59 Å². The summed E-state index contributed by atoms with van der Waals surface area (Å²) in [6.45, 7) is -1.00. The molecule has 1 fully saturated rings. The van der Waals surface area contributed by atoms with Crippen LogP contribution in [0.5, 0.6) is 0 Å². The summed E-state index contributed by atoms with van der Waals surface area (Å²) in [5, 5.41) is 19.3. The molecule has 1 heterocycles. The molecule has 3 amide bonds. The summed E-state index contributed by atoms with van der Waals surface area (Å²) in [5.41, 5.74) is 0. The van der Waals surface area contributed by atoms with Crippen molar-refractivity contribution in [3.8, 4) is 0 Å². The van der Waals surface area contributed by atoms with Crippen molar-refractivity contribution in [3.63, 3.8) is 0 Å². The van der Waals surface area contributed by atoms with Gasteiger partial charge in [-0.2, -0.15) is 0 Å². The molecule has 0 aliphatic carbocycles. The van der Waals surface area contributed by atoms with Crippen LogP contribution in [-0.4, -0.2) is 52.2 Å². The number of hydrogen-bond acceptors (Lipinski definition) is 4. The van der Waals surface area contributed by atoms with Gasteiger partial charge in [0.05, 0.1) is 13.2 Å². The minimum absolute atomic E-state index is 0.220. The number of amides is 3. The summed E-state index contributed by atoms with van der Waals surface area (Å²) in [6.07, 6.45) is 0. The van der Waals surface area contributed by atoms with E-state index in [9.17, 15) is 14.4 Å². The molecule has 7 heteroatoms. The summed E-state index contributed by atoms with van der Waals surface area (Å²) in [6, 6.07) is -2.28. The molecule has 0 bridgehead atoms. The average molecular weight is 188 g/mol. The van der Waals surface area contributed by atoms with Gasteiger partial charge in [-0.15, -0.1) is 0 Å². The molecule has 0 aromatic heterocycles. The van der Waals surface area contributed by atoms with E-state index in [1.54, 1.807) is 0 Å². The fraction of sp³-hybridized carbons (Fsp3) is 0.500. The van der Waals surface area contributed by atoms with Crippen LogP contribution in [0.15, 0.2) is 0 Å². The van der Waals surface area contributed by atoms with Crippen molar-refractivity contribution in [2.75, 3.05) is 13.2 Å². The Bertz CT molecular complexity index is 248. The standard InChI is InChI=1S/C6H8N2O5/c9-2-3(5(11)12)8-4(10)1-7-6(8)13/h3,9H,1-2H2,(H,7,13)(H,11,12). The van der Waals surface area contributed by atoms with E-state index in [4.69, 9.17) is 10.2 Å². The van der Waals surface area contributed by atoms with Gasteiger partial charge in [0.25, 0.3) is 5.91 Å². The molecule has 1 saturated heterocycles. The quantitative estimate of drug-likeness (QED) is 0.443. The first kappa shape index (κ1) is 9.46. The summed E-state index contributed by atoms with van der Waals surface area (Å²) < 4.78 is 0. The first-order valence-corrected chi connectivity index (χ1v) is 3.51. The number of carbonyl (C=O) groups excluding carboxylic acids is 2. The number of nitrogens with zero attached hydrogens (tertiary/aromatic N) is 1. The number of nitrogens with one attached hydrogen (secondary N) is 1. The molecule has 0 spiro atoms. The highest BCUT2D eigenvalue weighted by atomic mass is 16.4. The van der Waals surface area contributed by atoms with Crippen LogP contribution in [0.2, 0.25) is 0 Å². The first-order chi connectivity index (χ1) is 6.07. The Kier molecular flexibility index (Phi) is 2.47. The van der Waals surface area contributed by atoms with Crippen LogP contribution in [0.4, 0.5) is 4.79 Å². The lowest BCUT2D eigenvalue weighted by Crippen LogP contribution is -2.47. The van der Waals surface area contributed by atoms with Crippen molar-refractivity contribution in [2.24, 2.45) is 0 Å². The predicted octanol–water partition coefficient (Wildman–Crippen LogP) is -2.02. The molecule has 0 radical (unpaired) electrons. The maximum atomic E-state index is 11.0. The largest absolute Gasteiger partial charge is 0.480 e. The van der Waals surface area contributed by atoms with E-state index in [0.717, 1.165) is 0 Å². The van der Waals surface area contributed by atoms with Gasteiger partial charge in [0, 0.05) is 0 Å². The normalized spacial score (nSPS) is 18.7. The van der Waals surface area contributed by atoms with Gasteiger partial charge in [-0.1, -0.05) is 0 Å². The van der Waals surface area contributed by atoms with Gasteiger partial charge in [-0.3, -0.25) is 4.79 Å². The van der Waals surface area contributed by atoms with Crippen LogP contribution in [0.1, 0.15) is 0 Å². The molecule has 0 aromatic rings. The number of aliphatic carboxylic acids is 1. The third-order valence-electron chi connectivity index (χ3n) is 1.65. The third-order valence-corrected chi connectivity index (χ3v) is 1.65. The lowest BCUT2D eigenvalue weighted by atomic mass is 10.3. The lowest BCUT2D eigenvalue weighted by Gasteiger charge is -2.18. The molecule has 72 valence electrons. The highest BCUT2D eigenvalue weighted by molar-refractivity contribution is 6.04. The molecule has 7 nitrogen and oxygen atoms in total. The Hall–Kier alpha value is -1.63.